The molecule has 3 heterocycles. The number of methoxy groups -OCH3 is 1. The van der Waals surface area contributed by atoms with Gasteiger partial charge in [0.1, 0.15) is 11.6 Å². The second kappa shape index (κ2) is 10.4. The van der Waals surface area contributed by atoms with Crippen LogP contribution in [0.15, 0.2) is 48.7 Å². The Labute approximate surface area is 206 Å². The Kier molecular flexibility index (Phi) is 7.35. The summed E-state index contributed by atoms with van der Waals surface area (Å²) in [5.74, 6) is 0.806. The summed E-state index contributed by atoms with van der Waals surface area (Å²) in [6.45, 7) is 3.27. The number of hydrogen-bond donors (Lipinski definition) is 0. The van der Waals surface area contributed by atoms with E-state index >= 15 is 0 Å². The molecule has 3 amide bonds. The van der Waals surface area contributed by atoms with Gasteiger partial charge in [-0.2, -0.15) is 0 Å². The summed E-state index contributed by atoms with van der Waals surface area (Å²) in [6, 6.07) is 13.0. The molecule has 0 spiro atoms. The third-order valence-corrected chi connectivity index (χ3v) is 6.86. The molecule has 2 aromatic rings. The SMILES string of the molecule is COc1cccc(C2(CC(=O)N3CCN(c4ccccn4)CC3)CC(=O)N(CCN(C)C)C2=O)c1. The number of likely N-dealkylation sites (tertiary alicyclic amines) is 1. The average Bonchev–Trinajstić information content (AvgIpc) is 3.12. The third-order valence-electron chi connectivity index (χ3n) is 6.86. The first-order chi connectivity index (χ1) is 16.8. The van der Waals surface area contributed by atoms with Gasteiger partial charge < -0.3 is 19.4 Å². The van der Waals surface area contributed by atoms with Crippen LogP contribution in [0.1, 0.15) is 18.4 Å². The van der Waals surface area contributed by atoms with Gasteiger partial charge in [-0.05, 0) is 43.9 Å². The van der Waals surface area contributed by atoms with Crippen molar-refractivity contribution >= 4 is 23.5 Å². The lowest BCUT2D eigenvalue weighted by Crippen LogP contribution is -2.51. The molecular formula is C26H33N5O4. The van der Waals surface area contributed by atoms with Crippen LogP contribution >= 0.6 is 0 Å². The summed E-state index contributed by atoms with van der Waals surface area (Å²) in [5, 5.41) is 0. The van der Waals surface area contributed by atoms with Crippen LogP contribution in [-0.2, 0) is 19.8 Å². The molecule has 2 aliphatic rings. The number of imide groups is 1. The first kappa shape index (κ1) is 24.7. The number of piperazine rings is 1. The number of amides is 3. The number of nitrogens with zero attached hydrogens (tertiary/aromatic N) is 5. The van der Waals surface area contributed by atoms with Gasteiger partial charge in [-0.15, -0.1) is 0 Å². The smallest absolute Gasteiger partial charge is 0.240 e. The number of carbonyl (C=O) groups is 3. The lowest BCUT2D eigenvalue weighted by molar-refractivity contribution is -0.142. The first-order valence-electron chi connectivity index (χ1n) is 11.9. The van der Waals surface area contributed by atoms with Gasteiger partial charge in [0.15, 0.2) is 0 Å². The quantitative estimate of drug-likeness (QED) is 0.529. The summed E-state index contributed by atoms with van der Waals surface area (Å²) in [4.78, 5) is 51.9. The van der Waals surface area contributed by atoms with Crippen LogP contribution in [0.3, 0.4) is 0 Å². The van der Waals surface area contributed by atoms with Crippen molar-refractivity contribution in [2.24, 2.45) is 0 Å². The molecule has 0 aliphatic carbocycles. The van der Waals surface area contributed by atoms with Crippen LogP contribution in [0.25, 0.3) is 0 Å². The zero-order chi connectivity index (χ0) is 25.0. The van der Waals surface area contributed by atoms with Gasteiger partial charge in [-0.3, -0.25) is 19.3 Å². The third kappa shape index (κ3) is 5.14. The number of anilines is 1. The van der Waals surface area contributed by atoms with Gasteiger partial charge in [-0.1, -0.05) is 18.2 Å². The van der Waals surface area contributed by atoms with E-state index in [0.29, 0.717) is 50.6 Å². The summed E-state index contributed by atoms with van der Waals surface area (Å²) in [5.41, 5.74) is -0.587. The predicted octanol–water partition coefficient (Wildman–Crippen LogP) is 1.39. The van der Waals surface area contributed by atoms with Crippen molar-refractivity contribution in [3.63, 3.8) is 0 Å². The van der Waals surface area contributed by atoms with E-state index in [4.69, 9.17) is 4.74 Å². The van der Waals surface area contributed by atoms with Crippen molar-refractivity contribution in [1.29, 1.82) is 0 Å². The van der Waals surface area contributed by atoms with Crippen molar-refractivity contribution in [3.05, 3.63) is 54.2 Å². The molecule has 2 fully saturated rings. The fraction of sp³-hybridized carbons (Fsp3) is 0.462. The van der Waals surface area contributed by atoms with Gasteiger partial charge in [0.05, 0.1) is 12.5 Å². The van der Waals surface area contributed by atoms with Crippen LogP contribution in [0.2, 0.25) is 0 Å². The normalized spacial score (nSPS) is 20.6. The Morgan fingerprint density at radius 3 is 2.51 bits per heavy atom. The highest BCUT2D eigenvalue weighted by atomic mass is 16.5. The van der Waals surface area contributed by atoms with Crippen LogP contribution in [0, 0.1) is 0 Å². The minimum absolute atomic E-state index is 0.0218. The molecule has 9 heteroatoms. The second-order valence-corrected chi connectivity index (χ2v) is 9.38. The largest absolute Gasteiger partial charge is 0.497 e. The summed E-state index contributed by atoms with van der Waals surface area (Å²) >= 11 is 0. The van der Waals surface area contributed by atoms with E-state index in [-0.39, 0.29) is 30.6 Å². The van der Waals surface area contributed by atoms with Crippen molar-refractivity contribution in [2.45, 2.75) is 18.3 Å². The van der Waals surface area contributed by atoms with E-state index in [9.17, 15) is 14.4 Å². The topological polar surface area (TPSA) is 86.3 Å². The van der Waals surface area contributed by atoms with Gasteiger partial charge in [0.25, 0.3) is 0 Å². The summed E-state index contributed by atoms with van der Waals surface area (Å²) < 4.78 is 5.38. The molecule has 4 rings (SSSR count). The molecule has 0 radical (unpaired) electrons. The molecule has 1 atom stereocenters. The number of pyridine rings is 1. The van der Waals surface area contributed by atoms with Crippen LogP contribution < -0.4 is 9.64 Å². The maximum absolute atomic E-state index is 13.8. The molecule has 0 bridgehead atoms. The first-order valence-corrected chi connectivity index (χ1v) is 11.9. The number of benzene rings is 1. The van der Waals surface area contributed by atoms with Crippen molar-refractivity contribution in [2.75, 3.05) is 65.4 Å². The van der Waals surface area contributed by atoms with Gasteiger partial charge in [0, 0.05) is 58.3 Å². The van der Waals surface area contributed by atoms with Gasteiger partial charge in [-0.25, -0.2) is 4.98 Å². The Morgan fingerprint density at radius 2 is 1.86 bits per heavy atom. The number of ether oxygens (including phenoxy) is 1. The molecule has 2 saturated heterocycles. The Morgan fingerprint density at radius 1 is 1.09 bits per heavy atom. The zero-order valence-electron chi connectivity index (χ0n) is 20.6. The van der Waals surface area contributed by atoms with Crippen LogP contribution in [-0.4, -0.2) is 97.9 Å². The molecule has 2 aliphatic heterocycles. The highest BCUT2D eigenvalue weighted by molar-refractivity contribution is 6.10. The highest BCUT2D eigenvalue weighted by Gasteiger charge is 2.54. The predicted molar refractivity (Wildman–Crippen MR) is 132 cm³/mol. The number of hydrogen-bond acceptors (Lipinski definition) is 7. The molecular weight excluding hydrogens is 446 g/mol. The molecule has 9 nitrogen and oxygen atoms in total. The molecule has 35 heavy (non-hydrogen) atoms. The number of aromatic nitrogens is 1. The van der Waals surface area contributed by atoms with Crippen molar-refractivity contribution < 1.29 is 19.1 Å². The van der Waals surface area contributed by atoms with Crippen LogP contribution in [0.4, 0.5) is 5.82 Å². The van der Waals surface area contributed by atoms with Crippen molar-refractivity contribution in [1.82, 2.24) is 19.7 Å². The van der Waals surface area contributed by atoms with E-state index in [1.54, 1.807) is 36.4 Å². The lowest BCUT2D eigenvalue weighted by atomic mass is 9.75. The standard InChI is InChI=1S/C26H33N5O4/c1-28(2)11-16-31-24(33)19-26(25(31)34,20-7-6-8-21(17-20)35-3)18-23(32)30-14-12-29(13-15-30)22-9-4-5-10-27-22/h4-10,17H,11-16,18-19H2,1-3H3. The Balaban J connectivity index is 1.55. The molecule has 1 unspecified atom stereocenters. The maximum Gasteiger partial charge on any atom is 0.240 e. The molecule has 0 saturated carbocycles. The van der Waals surface area contributed by atoms with E-state index in [1.807, 2.05) is 43.3 Å². The molecule has 0 N–H and O–H groups in total. The van der Waals surface area contributed by atoms with E-state index in [1.165, 1.54) is 4.90 Å². The Bertz CT molecular complexity index is 1070. The zero-order valence-corrected chi connectivity index (χ0v) is 20.6. The van der Waals surface area contributed by atoms with Crippen molar-refractivity contribution in [3.8, 4) is 5.75 Å². The van der Waals surface area contributed by atoms with E-state index < -0.39 is 5.41 Å². The lowest BCUT2D eigenvalue weighted by Gasteiger charge is -2.37. The minimum atomic E-state index is -1.23. The van der Waals surface area contributed by atoms with Gasteiger partial charge >= 0.3 is 0 Å². The van der Waals surface area contributed by atoms with E-state index in [0.717, 1.165) is 5.82 Å². The fourth-order valence-electron chi connectivity index (χ4n) is 4.81. The highest BCUT2D eigenvalue weighted by Crippen LogP contribution is 2.41. The number of rotatable bonds is 8. The fourth-order valence-corrected chi connectivity index (χ4v) is 4.81. The monoisotopic (exact) mass is 479 g/mol. The maximum atomic E-state index is 13.8. The number of carbonyl (C=O) groups excluding carboxylic acids is 3. The average molecular weight is 480 g/mol. The summed E-state index contributed by atoms with van der Waals surface area (Å²) in [6.07, 6.45) is 1.69. The molecule has 186 valence electrons. The van der Waals surface area contributed by atoms with Crippen LogP contribution in [0.5, 0.6) is 5.75 Å². The molecule has 1 aromatic heterocycles. The summed E-state index contributed by atoms with van der Waals surface area (Å²) in [7, 11) is 5.35. The van der Waals surface area contributed by atoms with E-state index in [2.05, 4.69) is 9.88 Å². The molecule has 1 aromatic carbocycles. The Hall–Kier alpha value is -3.46. The second-order valence-electron chi connectivity index (χ2n) is 9.38. The van der Waals surface area contributed by atoms with Gasteiger partial charge in [0.2, 0.25) is 17.7 Å². The number of likely N-dealkylation sites (N-methyl/N-ethyl adjacent to an activating group) is 1. The minimum Gasteiger partial charge on any atom is -0.497 e.